The van der Waals surface area contributed by atoms with Crippen molar-refractivity contribution < 1.29 is 58.2 Å². The maximum Gasteiger partial charge on any atom is 0.303 e. The monoisotopic (exact) mass is 888 g/mol. The Kier molecular flexibility index (Phi) is 26.6. The maximum absolute atomic E-state index is 13.8. The number of amides is 8. The molecule has 344 valence electrons. The Morgan fingerprint density at radius 2 is 0.820 bits per heavy atom. The lowest BCUT2D eigenvalue weighted by atomic mass is 10.0. The van der Waals surface area contributed by atoms with E-state index in [4.69, 9.17) is 39.5 Å². The predicted molar refractivity (Wildman–Crippen MR) is 221 cm³/mol. The second-order valence-electron chi connectivity index (χ2n) is 13.5. The molecule has 0 saturated carbocycles. The van der Waals surface area contributed by atoms with Crippen LogP contribution in [0.3, 0.4) is 0 Å². The first-order valence-electron chi connectivity index (χ1n) is 19.0. The van der Waals surface area contributed by atoms with Gasteiger partial charge in [-0.25, -0.2) is 0 Å². The molecule has 26 nitrogen and oxygen atoms in total. The molecular weight excluding hydrogens is 829 g/mol. The van der Waals surface area contributed by atoms with E-state index in [9.17, 15) is 53.1 Å². The van der Waals surface area contributed by atoms with Crippen LogP contribution in [0, 0.1) is 0 Å². The molecule has 0 fully saturated rings. The number of primary amides is 2. The number of hydrogen-bond donors (Lipinski definition) is 14. The third-order valence-electron chi connectivity index (χ3n) is 8.36. The van der Waals surface area contributed by atoms with Crippen molar-refractivity contribution in [1.29, 1.82) is 0 Å². The van der Waals surface area contributed by atoms with Crippen LogP contribution in [0.25, 0.3) is 0 Å². The van der Waals surface area contributed by atoms with Crippen molar-refractivity contribution >= 4 is 82.9 Å². The third-order valence-corrected chi connectivity index (χ3v) is 9.00. The van der Waals surface area contributed by atoms with Crippen LogP contribution in [0.2, 0.25) is 0 Å². The third kappa shape index (κ3) is 25.6. The number of aliphatic imine (C=N–C) groups is 2. The van der Waals surface area contributed by atoms with E-state index in [0.29, 0.717) is 0 Å². The van der Waals surface area contributed by atoms with Gasteiger partial charge in [-0.05, 0) is 63.4 Å². The predicted octanol–water partition coefficient (Wildman–Crippen LogP) is -5.74. The molecule has 0 aliphatic carbocycles. The van der Waals surface area contributed by atoms with Crippen molar-refractivity contribution in [3.63, 3.8) is 0 Å². The lowest BCUT2D eigenvalue weighted by molar-refractivity contribution is -0.140. The minimum atomic E-state index is -1.60. The molecule has 0 aromatic rings. The van der Waals surface area contributed by atoms with Crippen LogP contribution in [-0.4, -0.2) is 143 Å². The summed E-state index contributed by atoms with van der Waals surface area (Å²) in [5, 5.41) is 32.8. The summed E-state index contributed by atoms with van der Waals surface area (Å²) < 4.78 is 0. The summed E-state index contributed by atoms with van der Waals surface area (Å²) >= 11 is 1.27. The largest absolute Gasteiger partial charge is 0.481 e. The Hall–Kier alpha value is -6.41. The van der Waals surface area contributed by atoms with E-state index in [0.717, 1.165) is 6.92 Å². The van der Waals surface area contributed by atoms with Gasteiger partial charge in [-0.1, -0.05) is 0 Å². The molecular formula is C34H60N14O12S. The molecule has 6 atom stereocenters. The van der Waals surface area contributed by atoms with Crippen molar-refractivity contribution in [3.8, 4) is 0 Å². The van der Waals surface area contributed by atoms with Crippen LogP contribution in [-0.2, 0) is 47.9 Å². The summed E-state index contributed by atoms with van der Waals surface area (Å²) in [4.78, 5) is 134. The quantitative estimate of drug-likeness (QED) is 0.0170. The number of carbonyl (C=O) groups excluding carboxylic acids is 8. The summed E-state index contributed by atoms with van der Waals surface area (Å²) in [6.07, 6.45) is -0.914. The highest BCUT2D eigenvalue weighted by Gasteiger charge is 2.33. The summed E-state index contributed by atoms with van der Waals surface area (Å²) in [5.41, 5.74) is 32.3. The normalized spacial score (nSPS) is 13.5. The van der Waals surface area contributed by atoms with E-state index in [1.165, 1.54) is 11.8 Å². The molecule has 0 radical (unpaired) electrons. The number of nitrogens with one attached hydrogen (secondary N) is 6. The fourth-order valence-electron chi connectivity index (χ4n) is 5.30. The molecule has 0 unspecified atom stereocenters. The number of carboxylic acids is 2. The van der Waals surface area contributed by atoms with Crippen LogP contribution in [0.15, 0.2) is 9.98 Å². The fraction of sp³-hybridized carbons (Fsp3) is 0.647. The molecule has 0 saturated heterocycles. The van der Waals surface area contributed by atoms with Gasteiger partial charge in [0.1, 0.15) is 36.3 Å². The molecule has 8 amide bonds. The van der Waals surface area contributed by atoms with Crippen molar-refractivity contribution in [1.82, 2.24) is 31.9 Å². The van der Waals surface area contributed by atoms with Crippen LogP contribution < -0.4 is 66.3 Å². The highest BCUT2D eigenvalue weighted by molar-refractivity contribution is 7.98. The van der Waals surface area contributed by atoms with Crippen molar-refractivity contribution in [2.45, 2.75) is 114 Å². The molecule has 0 heterocycles. The topological polar surface area (TPSA) is 464 Å². The summed E-state index contributed by atoms with van der Waals surface area (Å²) in [7, 11) is 0. The van der Waals surface area contributed by atoms with E-state index in [1.54, 1.807) is 6.26 Å². The minimum absolute atomic E-state index is 0.0222. The summed E-state index contributed by atoms with van der Waals surface area (Å²) in [5.74, 6) is -10.1. The average molecular weight is 889 g/mol. The number of nitrogens with zero attached hydrogens (tertiary/aromatic N) is 2. The molecule has 0 aliphatic rings. The zero-order chi connectivity index (χ0) is 46.7. The van der Waals surface area contributed by atoms with Crippen molar-refractivity contribution in [2.24, 2.45) is 44.4 Å². The summed E-state index contributed by atoms with van der Waals surface area (Å²) in [6.45, 7) is 1.22. The van der Waals surface area contributed by atoms with Crippen LogP contribution in [0.1, 0.15) is 77.6 Å². The molecule has 20 N–H and O–H groups in total. The molecule has 27 heteroatoms. The van der Waals surface area contributed by atoms with Gasteiger partial charge in [0.2, 0.25) is 47.3 Å². The lowest BCUT2D eigenvalue weighted by Gasteiger charge is -2.27. The number of guanidine groups is 2. The number of carboxylic acid groups (broad SMARTS) is 2. The van der Waals surface area contributed by atoms with Crippen molar-refractivity contribution in [2.75, 3.05) is 25.1 Å². The second-order valence-corrected chi connectivity index (χ2v) is 14.5. The first-order chi connectivity index (χ1) is 28.6. The van der Waals surface area contributed by atoms with E-state index >= 15 is 0 Å². The van der Waals surface area contributed by atoms with E-state index in [1.807, 2.05) is 0 Å². The molecule has 0 spiro atoms. The summed E-state index contributed by atoms with van der Waals surface area (Å²) in [6, 6.07) is -8.59. The lowest BCUT2D eigenvalue weighted by Crippen LogP contribution is -2.59. The molecule has 0 bridgehead atoms. The van der Waals surface area contributed by atoms with Crippen LogP contribution in [0.5, 0.6) is 0 Å². The molecule has 0 aromatic heterocycles. The highest BCUT2D eigenvalue weighted by atomic mass is 32.2. The van der Waals surface area contributed by atoms with Crippen LogP contribution >= 0.6 is 11.8 Å². The Labute approximate surface area is 355 Å². The molecule has 0 rings (SSSR count). The first-order valence-corrected chi connectivity index (χ1v) is 20.4. The average Bonchev–Trinajstić information content (AvgIpc) is 3.16. The number of nitrogens with two attached hydrogens (primary N) is 6. The van der Waals surface area contributed by atoms with Gasteiger partial charge >= 0.3 is 11.9 Å². The van der Waals surface area contributed by atoms with Gasteiger partial charge in [0.25, 0.3) is 0 Å². The van der Waals surface area contributed by atoms with Gasteiger partial charge < -0.3 is 76.5 Å². The Morgan fingerprint density at radius 1 is 0.492 bits per heavy atom. The molecule has 61 heavy (non-hydrogen) atoms. The smallest absolute Gasteiger partial charge is 0.303 e. The van der Waals surface area contributed by atoms with Gasteiger partial charge in [0, 0.05) is 39.3 Å². The van der Waals surface area contributed by atoms with E-state index in [2.05, 4.69) is 41.9 Å². The number of hydrogen-bond acceptors (Lipinski definition) is 13. The van der Waals surface area contributed by atoms with Gasteiger partial charge in [-0.2, -0.15) is 11.8 Å². The minimum Gasteiger partial charge on any atom is -0.481 e. The Morgan fingerprint density at radius 3 is 1.15 bits per heavy atom. The first kappa shape index (κ1) is 54.6. The second kappa shape index (κ2) is 29.7. The maximum atomic E-state index is 13.8. The zero-order valence-corrected chi connectivity index (χ0v) is 34.9. The Balaban J connectivity index is 6.52. The number of thioether (sulfide) groups is 1. The highest BCUT2D eigenvalue weighted by Crippen LogP contribution is 2.09. The van der Waals surface area contributed by atoms with Crippen LogP contribution in [0.4, 0.5) is 0 Å². The zero-order valence-electron chi connectivity index (χ0n) is 34.1. The molecule has 0 aliphatic heterocycles. The standard InChI is InChI=1S/C34H60N14O12S/c1-17(49)43-20(8-11-25(51)52)29(57)47-22(9-12-26(53)54)31(59)48-23(13-16-61-2)32(60)46-21(7-10-24(35)50)30(58)45-19(6-4-15-42-34(39)40)28(56)44-18(27(36)55)5-3-14-41-33(37)38/h18-23H,3-16H2,1-2H3,(H2,35,50)(H2,36,55)(H,43,49)(H,44,56)(H,45,58)(H,46,60)(H,47,57)(H,48,59)(H,51,52)(H,53,54)(H4,37,38,41)(H4,39,40,42)/t18-,19-,20-,21-,22-,23-/m0/s1. The van der Waals surface area contributed by atoms with E-state index in [-0.39, 0.29) is 75.7 Å². The van der Waals surface area contributed by atoms with Gasteiger partial charge in [0.05, 0.1) is 0 Å². The van der Waals surface area contributed by atoms with Gasteiger partial charge in [-0.3, -0.25) is 57.9 Å². The van der Waals surface area contributed by atoms with Gasteiger partial charge in [0.15, 0.2) is 11.9 Å². The fourth-order valence-corrected chi connectivity index (χ4v) is 5.77. The number of carbonyl (C=O) groups is 10. The Bertz CT molecular complexity index is 1610. The number of aliphatic carboxylic acids is 2. The van der Waals surface area contributed by atoms with E-state index < -0.39 is 121 Å². The SMILES string of the molecule is CSCC[C@H](NC(=O)[C@H](CCC(=O)O)NC(=O)[C@H](CCC(=O)O)NC(C)=O)C(=O)N[C@@H](CCC(N)=O)C(=O)N[C@@H](CCCN=C(N)N)C(=O)N[C@@H](CCCN=C(N)N)C(N)=O. The molecule has 0 aromatic carbocycles. The number of rotatable bonds is 32. The van der Waals surface area contributed by atoms with Gasteiger partial charge in [-0.15, -0.1) is 0 Å². The van der Waals surface area contributed by atoms with Crippen molar-refractivity contribution in [3.05, 3.63) is 0 Å².